The minimum absolute atomic E-state index is 0.418. The molecule has 0 aromatic carbocycles. The first-order valence-corrected chi connectivity index (χ1v) is 11.1. The van der Waals surface area contributed by atoms with E-state index in [-0.39, 0.29) is 0 Å². The summed E-state index contributed by atoms with van der Waals surface area (Å²) in [5, 5.41) is 0.418. The molecule has 0 spiro atoms. The van der Waals surface area contributed by atoms with Crippen LogP contribution in [0.4, 0.5) is 0 Å². The Kier molecular flexibility index (Phi) is 7.17. The number of rotatable bonds is 7. The molecule has 0 aromatic heterocycles. The molecule has 0 saturated carbocycles. The molecule has 0 radical (unpaired) electrons. The SMILES string of the molecule is CO[SiH](CCCN(C)[Si](C)(C)C(C)(C)C)OC. The Morgan fingerprint density at radius 2 is 1.59 bits per heavy atom. The van der Waals surface area contributed by atoms with E-state index >= 15 is 0 Å². The van der Waals surface area contributed by atoms with Crippen molar-refractivity contribution in [1.29, 1.82) is 0 Å². The third-order valence-electron chi connectivity index (χ3n) is 4.25. The van der Waals surface area contributed by atoms with Crippen molar-refractivity contribution >= 4 is 17.5 Å². The van der Waals surface area contributed by atoms with Gasteiger partial charge in [-0.1, -0.05) is 33.9 Å². The maximum absolute atomic E-state index is 5.34. The lowest BCUT2D eigenvalue weighted by atomic mass is 10.2. The van der Waals surface area contributed by atoms with Gasteiger partial charge in [0, 0.05) is 14.2 Å². The fourth-order valence-electron chi connectivity index (χ4n) is 1.68. The number of hydrogen-bond acceptors (Lipinski definition) is 3. The lowest BCUT2D eigenvalue weighted by Gasteiger charge is -2.44. The van der Waals surface area contributed by atoms with Crippen molar-refractivity contribution in [3.8, 4) is 0 Å². The third-order valence-corrected chi connectivity index (χ3v) is 12.0. The van der Waals surface area contributed by atoms with Crippen LogP contribution in [0.1, 0.15) is 27.2 Å². The van der Waals surface area contributed by atoms with Crippen LogP contribution >= 0.6 is 0 Å². The van der Waals surface area contributed by atoms with Gasteiger partial charge in [-0.3, -0.25) is 0 Å². The van der Waals surface area contributed by atoms with E-state index in [1.165, 1.54) is 6.42 Å². The lowest BCUT2D eigenvalue weighted by Crippen LogP contribution is -2.53. The van der Waals surface area contributed by atoms with Gasteiger partial charge < -0.3 is 13.4 Å². The van der Waals surface area contributed by atoms with Crippen LogP contribution < -0.4 is 0 Å². The largest absolute Gasteiger partial charge is 0.400 e. The van der Waals surface area contributed by atoms with Crippen LogP contribution in [0, 0.1) is 0 Å². The summed E-state index contributed by atoms with van der Waals surface area (Å²) in [5.74, 6) is 0. The van der Waals surface area contributed by atoms with E-state index in [1.54, 1.807) is 14.2 Å². The molecule has 0 N–H and O–H groups in total. The summed E-state index contributed by atoms with van der Waals surface area (Å²) in [5.41, 5.74) is 0. The topological polar surface area (TPSA) is 21.7 Å². The maximum Gasteiger partial charge on any atom is 0.320 e. The Morgan fingerprint density at radius 3 is 1.94 bits per heavy atom. The van der Waals surface area contributed by atoms with Crippen LogP contribution in [-0.2, 0) is 8.85 Å². The van der Waals surface area contributed by atoms with E-state index in [9.17, 15) is 0 Å². The fourth-order valence-corrected chi connectivity index (χ4v) is 4.72. The molecule has 0 aromatic rings. The average Bonchev–Trinajstić information content (AvgIpc) is 2.22. The molecular weight excluding hydrogens is 246 g/mol. The van der Waals surface area contributed by atoms with Crippen molar-refractivity contribution in [3.63, 3.8) is 0 Å². The highest BCUT2D eigenvalue weighted by atomic mass is 28.3. The van der Waals surface area contributed by atoms with Gasteiger partial charge >= 0.3 is 9.28 Å². The minimum Gasteiger partial charge on any atom is -0.400 e. The van der Waals surface area contributed by atoms with Gasteiger partial charge in [0.15, 0.2) is 0 Å². The molecule has 0 aliphatic carbocycles. The van der Waals surface area contributed by atoms with Crippen molar-refractivity contribution in [2.24, 2.45) is 0 Å². The summed E-state index contributed by atoms with van der Waals surface area (Å²) >= 11 is 0. The predicted molar refractivity (Wildman–Crippen MR) is 80.4 cm³/mol. The average molecular weight is 278 g/mol. The van der Waals surface area contributed by atoms with Crippen molar-refractivity contribution in [3.05, 3.63) is 0 Å². The second kappa shape index (κ2) is 7.04. The predicted octanol–water partition coefficient (Wildman–Crippen LogP) is 2.83. The van der Waals surface area contributed by atoms with E-state index in [1.807, 2.05) is 0 Å². The summed E-state index contributed by atoms with van der Waals surface area (Å²) in [7, 11) is 3.10. The van der Waals surface area contributed by atoms with Gasteiger partial charge in [0.1, 0.15) is 8.24 Å². The third kappa shape index (κ3) is 5.22. The van der Waals surface area contributed by atoms with Gasteiger partial charge in [0.25, 0.3) is 0 Å². The van der Waals surface area contributed by atoms with E-state index in [0.29, 0.717) is 5.04 Å². The Hall–Kier alpha value is 0.314. The molecular formula is C12H31NO2Si2. The normalized spacial score (nSPS) is 13.8. The molecule has 104 valence electrons. The van der Waals surface area contributed by atoms with Crippen LogP contribution in [0.2, 0.25) is 24.2 Å². The van der Waals surface area contributed by atoms with Gasteiger partial charge in [-0.2, -0.15) is 0 Å². The summed E-state index contributed by atoms with van der Waals surface area (Å²) in [4.78, 5) is 0. The zero-order valence-corrected chi connectivity index (χ0v) is 15.1. The molecule has 0 bridgehead atoms. The summed E-state index contributed by atoms with van der Waals surface area (Å²) in [6.07, 6.45) is 1.18. The first-order chi connectivity index (χ1) is 7.66. The zero-order chi connectivity index (χ0) is 13.7. The minimum atomic E-state index is -1.36. The van der Waals surface area contributed by atoms with Gasteiger partial charge in [0.05, 0.1) is 0 Å². The van der Waals surface area contributed by atoms with Crippen LogP contribution in [0.5, 0.6) is 0 Å². The molecule has 0 heterocycles. The Morgan fingerprint density at radius 1 is 1.12 bits per heavy atom. The Labute approximate surface area is 110 Å². The molecule has 3 nitrogen and oxygen atoms in total. The molecule has 0 aliphatic heterocycles. The van der Waals surface area contributed by atoms with E-state index in [0.717, 1.165) is 12.6 Å². The molecule has 0 atom stereocenters. The smallest absolute Gasteiger partial charge is 0.320 e. The van der Waals surface area contributed by atoms with Gasteiger partial charge in [0.2, 0.25) is 0 Å². The monoisotopic (exact) mass is 277 g/mol. The molecule has 0 amide bonds. The Balaban J connectivity index is 4.14. The summed E-state index contributed by atoms with van der Waals surface area (Å²) in [6.45, 7) is 13.1. The fraction of sp³-hybridized carbons (Fsp3) is 1.00. The van der Waals surface area contributed by atoms with E-state index < -0.39 is 17.5 Å². The van der Waals surface area contributed by atoms with E-state index in [4.69, 9.17) is 8.85 Å². The highest BCUT2D eigenvalue weighted by Gasteiger charge is 2.38. The molecule has 0 aliphatic rings. The standard InChI is InChI=1S/C12H31NO2Si2/c1-12(2,3)17(7,8)13(4)10-9-11-16(14-5)15-6/h16H,9-11H2,1-8H3. The molecule has 0 fully saturated rings. The Bertz CT molecular complexity index is 213. The first kappa shape index (κ1) is 17.3. The number of nitrogens with zero attached hydrogens (tertiary/aromatic N) is 1. The van der Waals surface area contributed by atoms with Crippen LogP contribution in [-0.4, -0.2) is 49.9 Å². The summed E-state index contributed by atoms with van der Waals surface area (Å²) in [6, 6.07) is 1.10. The lowest BCUT2D eigenvalue weighted by molar-refractivity contribution is 0.275. The second-order valence-electron chi connectivity index (χ2n) is 6.27. The summed E-state index contributed by atoms with van der Waals surface area (Å²) < 4.78 is 13.3. The van der Waals surface area contributed by atoms with Crippen LogP contribution in [0.25, 0.3) is 0 Å². The highest BCUT2D eigenvalue weighted by molar-refractivity contribution is 6.77. The van der Waals surface area contributed by atoms with Crippen molar-refractivity contribution in [2.75, 3.05) is 27.8 Å². The van der Waals surface area contributed by atoms with Gasteiger partial charge in [-0.05, 0) is 31.1 Å². The molecule has 17 heavy (non-hydrogen) atoms. The van der Waals surface area contributed by atoms with Gasteiger partial charge in [-0.25, -0.2) is 0 Å². The van der Waals surface area contributed by atoms with Crippen LogP contribution in [0.15, 0.2) is 0 Å². The molecule has 0 rings (SSSR count). The molecule has 0 saturated heterocycles. The maximum atomic E-state index is 5.34. The van der Waals surface area contributed by atoms with Crippen molar-refractivity contribution in [1.82, 2.24) is 4.57 Å². The highest BCUT2D eigenvalue weighted by Crippen LogP contribution is 2.37. The van der Waals surface area contributed by atoms with Crippen molar-refractivity contribution in [2.45, 2.75) is 51.4 Å². The van der Waals surface area contributed by atoms with Crippen molar-refractivity contribution < 1.29 is 8.85 Å². The zero-order valence-electron chi connectivity index (χ0n) is 13.0. The van der Waals surface area contributed by atoms with Gasteiger partial charge in [-0.15, -0.1) is 0 Å². The van der Waals surface area contributed by atoms with Crippen LogP contribution in [0.3, 0.4) is 0 Å². The van der Waals surface area contributed by atoms with E-state index in [2.05, 4.69) is 45.5 Å². The second-order valence-corrected chi connectivity index (χ2v) is 14.0. The number of hydrogen-bond donors (Lipinski definition) is 0. The quantitative estimate of drug-likeness (QED) is 0.668. The molecule has 5 heteroatoms. The first-order valence-electron chi connectivity index (χ1n) is 6.43. The molecule has 0 unspecified atom stereocenters.